The Balaban J connectivity index is 1.70. The van der Waals surface area contributed by atoms with Crippen molar-refractivity contribution in [3.05, 3.63) is 33.3 Å². The second-order valence-corrected chi connectivity index (χ2v) is 6.40. The first kappa shape index (κ1) is 15.8. The van der Waals surface area contributed by atoms with Gasteiger partial charge in [-0.1, -0.05) is 18.0 Å². The highest BCUT2D eigenvalue weighted by Gasteiger charge is 2.10. The maximum absolute atomic E-state index is 12.0. The molecule has 110 valence electrons. The zero-order valence-electron chi connectivity index (χ0n) is 11.5. The van der Waals surface area contributed by atoms with Gasteiger partial charge >= 0.3 is 0 Å². The molecule has 1 N–H and O–H groups in total. The third-order valence-corrected chi connectivity index (χ3v) is 4.78. The molecule has 1 heterocycles. The normalized spacial score (nSPS) is 16.1. The molecule has 0 atom stereocenters. The summed E-state index contributed by atoms with van der Waals surface area (Å²) in [4.78, 5) is 14.5. The highest BCUT2D eigenvalue weighted by atomic mass is 79.9. The number of hydrogen-bond acceptors (Lipinski definition) is 2. The number of nitrogens with one attached hydrogen (secondary N) is 1. The molecule has 1 amide bonds. The zero-order valence-corrected chi connectivity index (χ0v) is 13.8. The van der Waals surface area contributed by atoms with Crippen molar-refractivity contribution in [3.8, 4) is 0 Å². The van der Waals surface area contributed by atoms with Gasteiger partial charge in [-0.3, -0.25) is 4.79 Å². The maximum atomic E-state index is 12.0. The van der Waals surface area contributed by atoms with Crippen molar-refractivity contribution in [1.82, 2.24) is 10.2 Å². The van der Waals surface area contributed by atoms with Crippen molar-refractivity contribution in [2.75, 3.05) is 26.2 Å². The summed E-state index contributed by atoms with van der Waals surface area (Å²) in [7, 11) is 0. The zero-order chi connectivity index (χ0) is 14.4. The average Bonchev–Trinajstić information content (AvgIpc) is 2.47. The second-order valence-electron chi connectivity index (χ2n) is 5.14. The van der Waals surface area contributed by atoms with E-state index in [9.17, 15) is 4.79 Å². The highest BCUT2D eigenvalue weighted by Crippen LogP contribution is 2.23. The number of rotatable bonds is 5. The molecule has 0 spiro atoms. The third kappa shape index (κ3) is 4.76. The van der Waals surface area contributed by atoms with Gasteiger partial charge in [-0.05, 0) is 73.0 Å². The average molecular weight is 360 g/mol. The molecule has 1 aromatic rings. The molecule has 3 nitrogen and oxygen atoms in total. The third-order valence-electron chi connectivity index (χ3n) is 3.57. The summed E-state index contributed by atoms with van der Waals surface area (Å²) in [6.45, 7) is 4.20. The van der Waals surface area contributed by atoms with Gasteiger partial charge in [-0.15, -0.1) is 0 Å². The number of nitrogens with zero attached hydrogens (tertiary/aromatic N) is 1. The topological polar surface area (TPSA) is 32.3 Å². The Morgan fingerprint density at radius 3 is 2.75 bits per heavy atom. The summed E-state index contributed by atoms with van der Waals surface area (Å²) in [5.74, 6) is -0.0407. The van der Waals surface area contributed by atoms with E-state index in [1.165, 1.54) is 32.4 Å². The van der Waals surface area contributed by atoms with E-state index in [4.69, 9.17) is 11.6 Å². The molecule has 1 aliphatic heterocycles. The summed E-state index contributed by atoms with van der Waals surface area (Å²) < 4.78 is 0.750. The van der Waals surface area contributed by atoms with Crippen molar-refractivity contribution in [3.63, 3.8) is 0 Å². The van der Waals surface area contributed by atoms with Crippen LogP contribution in [0.2, 0.25) is 5.02 Å². The number of amides is 1. The predicted molar refractivity (Wildman–Crippen MR) is 86.4 cm³/mol. The van der Waals surface area contributed by atoms with Gasteiger partial charge < -0.3 is 10.2 Å². The Morgan fingerprint density at radius 1 is 1.30 bits per heavy atom. The number of carbonyl (C=O) groups excluding carboxylic acids is 1. The molecule has 1 fully saturated rings. The van der Waals surface area contributed by atoms with Gasteiger partial charge in [0, 0.05) is 16.6 Å². The molecule has 0 aromatic heterocycles. The summed E-state index contributed by atoms with van der Waals surface area (Å²) in [5, 5.41) is 3.57. The number of benzene rings is 1. The Morgan fingerprint density at radius 2 is 2.05 bits per heavy atom. The Labute approximate surface area is 133 Å². The summed E-state index contributed by atoms with van der Waals surface area (Å²) in [6, 6.07) is 5.23. The molecule has 0 bridgehead atoms. The van der Waals surface area contributed by atoms with Crippen LogP contribution < -0.4 is 5.32 Å². The molecule has 1 saturated heterocycles. The molecule has 20 heavy (non-hydrogen) atoms. The molecule has 0 radical (unpaired) electrons. The first-order chi connectivity index (χ1) is 9.66. The molecular weight excluding hydrogens is 340 g/mol. The van der Waals surface area contributed by atoms with Gasteiger partial charge in [-0.25, -0.2) is 0 Å². The quantitative estimate of drug-likeness (QED) is 0.813. The summed E-state index contributed by atoms with van der Waals surface area (Å²) >= 11 is 9.24. The number of piperidine rings is 1. The van der Waals surface area contributed by atoms with E-state index >= 15 is 0 Å². The van der Waals surface area contributed by atoms with Crippen LogP contribution in [0.1, 0.15) is 36.0 Å². The van der Waals surface area contributed by atoms with E-state index in [-0.39, 0.29) is 5.91 Å². The lowest BCUT2D eigenvalue weighted by molar-refractivity contribution is 0.0951. The minimum absolute atomic E-state index is 0.0407. The fourth-order valence-corrected chi connectivity index (χ4v) is 2.92. The first-order valence-electron chi connectivity index (χ1n) is 7.12. The maximum Gasteiger partial charge on any atom is 0.251 e. The van der Waals surface area contributed by atoms with Crippen molar-refractivity contribution < 1.29 is 4.79 Å². The first-order valence-corrected chi connectivity index (χ1v) is 8.29. The van der Waals surface area contributed by atoms with Crippen molar-refractivity contribution in [2.45, 2.75) is 25.7 Å². The molecule has 0 saturated carbocycles. The Bertz CT molecular complexity index is 461. The summed E-state index contributed by atoms with van der Waals surface area (Å²) in [5.41, 5.74) is 0.638. The smallest absolute Gasteiger partial charge is 0.251 e. The van der Waals surface area contributed by atoms with Gasteiger partial charge in [-0.2, -0.15) is 0 Å². The molecule has 0 unspecified atom stereocenters. The largest absolute Gasteiger partial charge is 0.352 e. The fraction of sp³-hybridized carbons (Fsp3) is 0.533. The van der Waals surface area contributed by atoms with Gasteiger partial charge in [0.2, 0.25) is 0 Å². The Kier molecular flexibility index (Phi) is 6.33. The van der Waals surface area contributed by atoms with E-state index in [1.807, 2.05) is 0 Å². The van der Waals surface area contributed by atoms with Crippen molar-refractivity contribution >= 4 is 33.4 Å². The van der Waals surface area contributed by atoms with E-state index in [2.05, 4.69) is 26.1 Å². The van der Waals surface area contributed by atoms with Crippen LogP contribution in [0.25, 0.3) is 0 Å². The van der Waals surface area contributed by atoms with Crippen LogP contribution in [-0.2, 0) is 0 Å². The van der Waals surface area contributed by atoms with E-state index < -0.39 is 0 Å². The SMILES string of the molecule is O=C(NCCCN1CCCCC1)c1ccc(Cl)c(Br)c1. The lowest BCUT2D eigenvalue weighted by Gasteiger charge is -2.26. The standard InChI is InChI=1S/C15H20BrClN2O/c16-13-11-12(5-6-14(13)17)15(20)18-7-4-10-19-8-2-1-3-9-19/h5-6,11H,1-4,7-10H2,(H,18,20). The van der Waals surface area contributed by atoms with Crippen LogP contribution in [0.3, 0.4) is 0 Å². The number of halogens is 2. The minimum Gasteiger partial charge on any atom is -0.352 e. The van der Waals surface area contributed by atoms with Crippen LogP contribution in [0, 0.1) is 0 Å². The van der Waals surface area contributed by atoms with Crippen LogP contribution in [0.5, 0.6) is 0 Å². The van der Waals surface area contributed by atoms with Crippen LogP contribution >= 0.6 is 27.5 Å². The fourth-order valence-electron chi connectivity index (χ4n) is 2.43. The lowest BCUT2D eigenvalue weighted by Crippen LogP contribution is -2.33. The monoisotopic (exact) mass is 358 g/mol. The van der Waals surface area contributed by atoms with Crippen molar-refractivity contribution in [1.29, 1.82) is 0 Å². The lowest BCUT2D eigenvalue weighted by atomic mass is 10.1. The number of likely N-dealkylation sites (tertiary alicyclic amines) is 1. The molecule has 1 aromatic carbocycles. The minimum atomic E-state index is -0.0407. The van der Waals surface area contributed by atoms with Crippen LogP contribution in [0.4, 0.5) is 0 Å². The summed E-state index contributed by atoms with van der Waals surface area (Å²) in [6.07, 6.45) is 4.98. The molecule has 5 heteroatoms. The predicted octanol–water partition coefficient (Wildman–Crippen LogP) is 3.71. The van der Waals surface area contributed by atoms with Gasteiger partial charge in [0.15, 0.2) is 0 Å². The van der Waals surface area contributed by atoms with Crippen LogP contribution in [0.15, 0.2) is 22.7 Å². The second kappa shape index (κ2) is 8.01. The van der Waals surface area contributed by atoms with Gasteiger partial charge in [0.05, 0.1) is 5.02 Å². The van der Waals surface area contributed by atoms with Crippen LogP contribution in [-0.4, -0.2) is 37.0 Å². The van der Waals surface area contributed by atoms with E-state index in [0.29, 0.717) is 10.6 Å². The van der Waals surface area contributed by atoms with Crippen molar-refractivity contribution in [2.24, 2.45) is 0 Å². The Hall–Kier alpha value is -0.580. The number of hydrogen-bond donors (Lipinski definition) is 1. The molecule has 1 aliphatic rings. The highest BCUT2D eigenvalue weighted by molar-refractivity contribution is 9.10. The van der Waals surface area contributed by atoms with Gasteiger partial charge in [0.25, 0.3) is 5.91 Å². The van der Waals surface area contributed by atoms with Gasteiger partial charge in [0.1, 0.15) is 0 Å². The molecule has 2 rings (SSSR count). The molecule has 0 aliphatic carbocycles. The van der Waals surface area contributed by atoms with E-state index in [0.717, 1.165) is 24.0 Å². The molecular formula is C15H20BrClN2O. The number of carbonyl (C=O) groups is 1. The van der Waals surface area contributed by atoms with E-state index in [1.54, 1.807) is 18.2 Å².